The second kappa shape index (κ2) is 7.53. The number of benzene rings is 1. The number of anilines is 1. The number of rotatable bonds is 3. The molecule has 21 heavy (non-hydrogen) atoms. The van der Waals surface area contributed by atoms with Gasteiger partial charge in [-0.1, -0.05) is 15.9 Å². The third-order valence-electron chi connectivity index (χ3n) is 3.32. The van der Waals surface area contributed by atoms with Gasteiger partial charge in [0.15, 0.2) is 0 Å². The Kier molecular flexibility index (Phi) is 5.72. The first-order valence-corrected chi connectivity index (χ1v) is 7.59. The fourth-order valence-corrected chi connectivity index (χ4v) is 2.34. The van der Waals surface area contributed by atoms with Gasteiger partial charge in [0.2, 0.25) is 5.91 Å². The van der Waals surface area contributed by atoms with Crippen LogP contribution in [-0.4, -0.2) is 61.5 Å². The molecule has 1 saturated heterocycles. The van der Waals surface area contributed by atoms with Crippen LogP contribution in [0.2, 0.25) is 0 Å². The van der Waals surface area contributed by atoms with E-state index in [9.17, 15) is 9.59 Å². The predicted octanol–water partition coefficient (Wildman–Crippen LogP) is 1.34. The summed E-state index contributed by atoms with van der Waals surface area (Å²) in [6, 6.07) is 6.66. The van der Waals surface area contributed by atoms with Crippen LogP contribution in [0.3, 0.4) is 0 Å². The molecular formula is C14H19BrN4O2. The van der Waals surface area contributed by atoms with Crippen molar-refractivity contribution in [1.29, 1.82) is 0 Å². The molecule has 0 bridgehead atoms. The van der Waals surface area contributed by atoms with Crippen LogP contribution in [0.4, 0.5) is 10.5 Å². The number of nitrogens with one attached hydrogen (secondary N) is 2. The van der Waals surface area contributed by atoms with Crippen molar-refractivity contribution in [2.45, 2.75) is 0 Å². The maximum absolute atomic E-state index is 11.8. The molecule has 0 aromatic heterocycles. The van der Waals surface area contributed by atoms with Gasteiger partial charge in [0.05, 0.1) is 6.54 Å². The first-order chi connectivity index (χ1) is 10.0. The maximum Gasteiger partial charge on any atom is 0.325 e. The summed E-state index contributed by atoms with van der Waals surface area (Å²) in [7, 11) is 2.06. The highest BCUT2D eigenvalue weighted by Gasteiger charge is 2.17. The lowest BCUT2D eigenvalue weighted by atomic mass is 10.3. The van der Waals surface area contributed by atoms with Crippen molar-refractivity contribution >= 4 is 33.6 Å². The third-order valence-corrected chi connectivity index (χ3v) is 3.85. The fraction of sp³-hybridized carbons (Fsp3) is 0.429. The van der Waals surface area contributed by atoms with Gasteiger partial charge in [-0.15, -0.1) is 0 Å². The van der Waals surface area contributed by atoms with Crippen LogP contribution in [0.5, 0.6) is 0 Å². The lowest BCUT2D eigenvalue weighted by molar-refractivity contribution is -0.121. The van der Waals surface area contributed by atoms with Gasteiger partial charge >= 0.3 is 6.03 Å². The van der Waals surface area contributed by atoms with Gasteiger partial charge in [-0.2, -0.15) is 0 Å². The van der Waals surface area contributed by atoms with Crippen molar-refractivity contribution in [3.63, 3.8) is 0 Å². The molecule has 2 N–H and O–H groups in total. The van der Waals surface area contributed by atoms with E-state index in [4.69, 9.17) is 0 Å². The summed E-state index contributed by atoms with van der Waals surface area (Å²) in [5.74, 6) is -0.283. The Bertz CT molecular complexity index is 498. The van der Waals surface area contributed by atoms with Crippen LogP contribution in [0.15, 0.2) is 28.7 Å². The van der Waals surface area contributed by atoms with Crippen LogP contribution >= 0.6 is 15.9 Å². The number of urea groups is 1. The summed E-state index contributed by atoms with van der Waals surface area (Å²) >= 11 is 3.32. The number of amides is 3. The molecule has 1 fully saturated rings. The van der Waals surface area contributed by atoms with E-state index in [2.05, 4.69) is 38.5 Å². The fourth-order valence-electron chi connectivity index (χ4n) is 2.07. The van der Waals surface area contributed by atoms with E-state index in [-0.39, 0.29) is 12.5 Å². The Morgan fingerprint density at radius 1 is 1.14 bits per heavy atom. The normalized spacial score (nSPS) is 16.5. The standard InChI is InChI=1S/C14H19BrN4O2/c1-18-6-8-19(9-7-18)10-13(20)17-14(21)16-12-4-2-11(15)3-5-12/h2-5H,6-10H2,1H3,(H2,16,17,20,21). The van der Waals surface area contributed by atoms with Crippen LogP contribution in [-0.2, 0) is 4.79 Å². The molecular weight excluding hydrogens is 336 g/mol. The summed E-state index contributed by atoms with van der Waals surface area (Å²) in [5.41, 5.74) is 0.642. The molecule has 1 aliphatic heterocycles. The van der Waals surface area contributed by atoms with E-state index < -0.39 is 6.03 Å². The second-order valence-electron chi connectivity index (χ2n) is 5.09. The highest BCUT2D eigenvalue weighted by molar-refractivity contribution is 9.10. The summed E-state index contributed by atoms with van der Waals surface area (Å²) in [6.07, 6.45) is 0. The number of carbonyl (C=O) groups is 2. The van der Waals surface area contributed by atoms with E-state index in [1.165, 1.54) is 0 Å². The van der Waals surface area contributed by atoms with E-state index in [1.54, 1.807) is 12.1 Å². The van der Waals surface area contributed by atoms with Crippen molar-refractivity contribution in [2.24, 2.45) is 0 Å². The second-order valence-corrected chi connectivity index (χ2v) is 6.00. The van der Waals surface area contributed by atoms with Crippen LogP contribution in [0.1, 0.15) is 0 Å². The minimum Gasteiger partial charge on any atom is -0.308 e. The van der Waals surface area contributed by atoms with E-state index in [0.717, 1.165) is 30.7 Å². The number of nitrogens with zero attached hydrogens (tertiary/aromatic N) is 2. The molecule has 7 heteroatoms. The SMILES string of the molecule is CN1CCN(CC(=O)NC(=O)Nc2ccc(Br)cc2)CC1. The van der Waals surface area contributed by atoms with Crippen molar-refractivity contribution in [1.82, 2.24) is 15.1 Å². The van der Waals surface area contributed by atoms with Gasteiger partial charge in [-0.05, 0) is 31.3 Å². The number of carbonyl (C=O) groups excluding carboxylic acids is 2. The molecule has 0 radical (unpaired) electrons. The van der Waals surface area contributed by atoms with Gasteiger partial charge in [0, 0.05) is 36.3 Å². The Labute approximate surface area is 132 Å². The van der Waals surface area contributed by atoms with Gasteiger partial charge in [-0.3, -0.25) is 15.0 Å². The molecule has 6 nitrogen and oxygen atoms in total. The first-order valence-electron chi connectivity index (χ1n) is 6.80. The lowest BCUT2D eigenvalue weighted by Crippen LogP contribution is -2.49. The monoisotopic (exact) mass is 354 g/mol. The van der Waals surface area contributed by atoms with Gasteiger partial charge in [0.1, 0.15) is 0 Å². The highest BCUT2D eigenvalue weighted by atomic mass is 79.9. The molecule has 1 heterocycles. The Hall–Kier alpha value is -1.44. The quantitative estimate of drug-likeness (QED) is 0.859. The zero-order valence-electron chi connectivity index (χ0n) is 11.9. The van der Waals surface area contributed by atoms with Gasteiger partial charge in [-0.25, -0.2) is 4.79 Å². The molecule has 2 rings (SSSR count). The predicted molar refractivity (Wildman–Crippen MR) is 85.2 cm³/mol. The molecule has 1 aromatic rings. The molecule has 0 aliphatic carbocycles. The van der Waals surface area contributed by atoms with E-state index >= 15 is 0 Å². The molecule has 0 unspecified atom stereocenters. The molecule has 1 aromatic carbocycles. The Morgan fingerprint density at radius 2 is 1.76 bits per heavy atom. The van der Waals surface area contributed by atoms with Crippen LogP contribution in [0, 0.1) is 0 Å². The van der Waals surface area contributed by atoms with Crippen molar-refractivity contribution in [3.05, 3.63) is 28.7 Å². The smallest absolute Gasteiger partial charge is 0.308 e. The zero-order valence-corrected chi connectivity index (χ0v) is 13.5. The molecule has 0 saturated carbocycles. The number of imide groups is 1. The number of hydrogen-bond acceptors (Lipinski definition) is 4. The molecule has 1 aliphatic rings. The van der Waals surface area contributed by atoms with Crippen LogP contribution in [0.25, 0.3) is 0 Å². The molecule has 0 atom stereocenters. The topological polar surface area (TPSA) is 64.7 Å². The van der Waals surface area contributed by atoms with Gasteiger partial charge < -0.3 is 10.2 Å². The average molecular weight is 355 g/mol. The number of likely N-dealkylation sites (N-methyl/N-ethyl adjacent to an activating group) is 1. The van der Waals surface area contributed by atoms with E-state index in [1.807, 2.05) is 17.0 Å². The van der Waals surface area contributed by atoms with Gasteiger partial charge in [0.25, 0.3) is 0 Å². The molecule has 0 spiro atoms. The lowest BCUT2D eigenvalue weighted by Gasteiger charge is -2.31. The highest BCUT2D eigenvalue weighted by Crippen LogP contribution is 2.13. The minimum atomic E-state index is -0.503. The summed E-state index contributed by atoms with van der Waals surface area (Å²) < 4.78 is 0.930. The van der Waals surface area contributed by atoms with Crippen molar-refractivity contribution in [3.8, 4) is 0 Å². The Balaban J connectivity index is 1.74. The molecule has 114 valence electrons. The number of hydrogen-bond donors (Lipinski definition) is 2. The zero-order chi connectivity index (χ0) is 15.2. The Morgan fingerprint density at radius 3 is 2.38 bits per heavy atom. The summed E-state index contributed by atoms with van der Waals surface area (Å²) in [6.45, 7) is 3.83. The average Bonchev–Trinajstić information content (AvgIpc) is 2.44. The number of piperazine rings is 1. The maximum atomic E-state index is 11.8. The third kappa shape index (κ3) is 5.45. The van der Waals surface area contributed by atoms with Crippen molar-refractivity contribution in [2.75, 3.05) is 45.1 Å². The molecule has 3 amide bonds. The largest absolute Gasteiger partial charge is 0.325 e. The summed E-state index contributed by atoms with van der Waals surface area (Å²) in [4.78, 5) is 27.8. The minimum absolute atomic E-state index is 0.252. The first kappa shape index (κ1) is 15.9. The van der Waals surface area contributed by atoms with Crippen LogP contribution < -0.4 is 10.6 Å². The summed E-state index contributed by atoms with van der Waals surface area (Å²) in [5, 5.41) is 4.97. The van der Waals surface area contributed by atoms with E-state index in [0.29, 0.717) is 5.69 Å². The van der Waals surface area contributed by atoms with Crippen molar-refractivity contribution < 1.29 is 9.59 Å². The number of halogens is 1.